The Morgan fingerprint density at radius 3 is 2.11 bits per heavy atom. The average molecular weight is 498 g/mol. The van der Waals surface area contributed by atoms with Crippen LogP contribution in [0, 0.1) is 0 Å². The average Bonchev–Trinajstić information content (AvgIpc) is 3.44. The molecular formula is C26H31N3O7. The number of hydrogen-bond donors (Lipinski definition) is 0. The first-order valence-electron chi connectivity index (χ1n) is 12.4. The van der Waals surface area contributed by atoms with Crippen molar-refractivity contribution in [2.45, 2.75) is 63.1 Å². The molecule has 1 aliphatic carbocycles. The molecule has 192 valence electrons. The van der Waals surface area contributed by atoms with Crippen molar-refractivity contribution in [3.05, 3.63) is 29.6 Å². The Kier molecular flexibility index (Phi) is 6.36. The molecule has 3 amide bonds. The van der Waals surface area contributed by atoms with Gasteiger partial charge in [-0.2, -0.15) is 0 Å². The van der Waals surface area contributed by atoms with Gasteiger partial charge < -0.3 is 28.9 Å². The van der Waals surface area contributed by atoms with Gasteiger partial charge in [-0.25, -0.2) is 0 Å². The number of carbonyl (C=O) groups is 4. The highest BCUT2D eigenvalue weighted by atomic mass is 16.5. The van der Waals surface area contributed by atoms with E-state index in [1.807, 2.05) is 0 Å². The maximum absolute atomic E-state index is 13.7. The van der Waals surface area contributed by atoms with E-state index >= 15 is 0 Å². The summed E-state index contributed by atoms with van der Waals surface area (Å²) < 4.78 is 16.0. The largest absolute Gasteiger partial charge is 0.493 e. The molecule has 36 heavy (non-hydrogen) atoms. The summed E-state index contributed by atoms with van der Waals surface area (Å²) in [4.78, 5) is 58.2. The molecule has 2 saturated heterocycles. The number of fused-ring (bicyclic) bond motifs is 4. The van der Waals surface area contributed by atoms with E-state index in [4.69, 9.17) is 14.2 Å². The number of hydrogen-bond acceptors (Lipinski definition) is 7. The minimum atomic E-state index is -0.773. The molecule has 0 radical (unpaired) electrons. The summed E-state index contributed by atoms with van der Waals surface area (Å²) in [5.41, 5.74) is 0.719. The zero-order chi connectivity index (χ0) is 25.6. The van der Waals surface area contributed by atoms with Crippen molar-refractivity contribution in [3.63, 3.8) is 0 Å². The third-order valence-corrected chi connectivity index (χ3v) is 7.76. The number of ketones is 1. The second kappa shape index (κ2) is 9.48. The van der Waals surface area contributed by atoms with Crippen LogP contribution in [0.25, 0.3) is 0 Å². The van der Waals surface area contributed by atoms with Crippen molar-refractivity contribution in [2.24, 2.45) is 0 Å². The normalized spacial score (nSPS) is 23.9. The molecule has 2 atom stereocenters. The SMILES string of the molecule is COc1cc(C(=O)C(=O)N2[C@@H]3CCC[C@H]2C2=CN(C4CCCC4)C(=O)CN2C3=O)cc(OC)c1OC. The van der Waals surface area contributed by atoms with Gasteiger partial charge in [0.25, 0.3) is 11.7 Å². The number of amides is 3. The van der Waals surface area contributed by atoms with E-state index in [1.165, 1.54) is 43.3 Å². The molecule has 0 aromatic heterocycles. The fourth-order valence-corrected chi connectivity index (χ4v) is 6.00. The molecule has 0 unspecified atom stereocenters. The van der Waals surface area contributed by atoms with Gasteiger partial charge in [-0.05, 0) is 44.2 Å². The van der Waals surface area contributed by atoms with E-state index in [0.717, 1.165) is 32.1 Å². The molecule has 3 fully saturated rings. The summed E-state index contributed by atoms with van der Waals surface area (Å²) in [5.74, 6) is -1.07. The zero-order valence-corrected chi connectivity index (χ0v) is 20.8. The Morgan fingerprint density at radius 2 is 1.50 bits per heavy atom. The summed E-state index contributed by atoms with van der Waals surface area (Å²) in [6.45, 7) is -0.0168. The van der Waals surface area contributed by atoms with Crippen LogP contribution < -0.4 is 14.2 Å². The molecule has 4 aliphatic rings. The van der Waals surface area contributed by atoms with E-state index in [0.29, 0.717) is 24.3 Å². The van der Waals surface area contributed by atoms with Crippen LogP contribution in [0.5, 0.6) is 17.2 Å². The molecule has 10 nitrogen and oxygen atoms in total. The maximum Gasteiger partial charge on any atom is 0.296 e. The van der Waals surface area contributed by atoms with Crippen LogP contribution >= 0.6 is 0 Å². The number of Topliss-reactive ketones (excluding diaryl/α,β-unsaturated/α-hetero) is 1. The van der Waals surface area contributed by atoms with Gasteiger partial charge >= 0.3 is 0 Å². The number of piperidine rings is 1. The van der Waals surface area contributed by atoms with Crippen LogP contribution in [0.15, 0.2) is 24.0 Å². The van der Waals surface area contributed by atoms with Gasteiger partial charge in [0.15, 0.2) is 11.5 Å². The fourth-order valence-electron chi connectivity index (χ4n) is 6.00. The number of piperazine rings is 1. The maximum atomic E-state index is 13.7. The standard InChI is InChI=1S/C26H31N3O7/c1-34-20-11-15(12-21(35-2)24(20)36-3)23(31)26(33)29-17-9-6-10-18(29)25(32)28-14-22(30)27(13-19(17)28)16-7-4-5-8-16/h11-13,16-18H,4-10,14H2,1-3H3/t17-,18+/m0/s1. The lowest BCUT2D eigenvalue weighted by molar-refractivity contribution is -0.156. The predicted molar refractivity (Wildman–Crippen MR) is 128 cm³/mol. The molecule has 2 bridgehead atoms. The first kappa shape index (κ1) is 24.1. The summed E-state index contributed by atoms with van der Waals surface area (Å²) >= 11 is 0. The van der Waals surface area contributed by atoms with Crippen molar-refractivity contribution in [2.75, 3.05) is 27.9 Å². The quantitative estimate of drug-likeness (QED) is 0.438. The first-order valence-corrected chi connectivity index (χ1v) is 12.4. The zero-order valence-electron chi connectivity index (χ0n) is 20.8. The Morgan fingerprint density at radius 1 is 0.861 bits per heavy atom. The van der Waals surface area contributed by atoms with Gasteiger partial charge in [-0.1, -0.05) is 12.8 Å². The predicted octanol–water partition coefficient (Wildman–Crippen LogP) is 2.11. The van der Waals surface area contributed by atoms with Crippen LogP contribution in [0.1, 0.15) is 55.3 Å². The van der Waals surface area contributed by atoms with Crippen molar-refractivity contribution in [1.29, 1.82) is 0 Å². The molecular weight excluding hydrogens is 466 g/mol. The Hall–Kier alpha value is -3.56. The van der Waals surface area contributed by atoms with E-state index in [2.05, 4.69) is 0 Å². The Labute approximate surface area is 209 Å². The van der Waals surface area contributed by atoms with Gasteiger partial charge in [0.1, 0.15) is 12.6 Å². The number of methoxy groups -OCH3 is 3. The molecule has 3 heterocycles. The van der Waals surface area contributed by atoms with Crippen LogP contribution in [-0.2, 0) is 14.4 Å². The summed E-state index contributed by atoms with van der Waals surface area (Å²) in [7, 11) is 4.32. The second-order valence-electron chi connectivity index (χ2n) is 9.64. The number of ether oxygens (including phenoxy) is 3. The molecule has 5 rings (SSSR count). The summed E-state index contributed by atoms with van der Waals surface area (Å²) in [6, 6.07) is 1.78. The Balaban J connectivity index is 1.50. The van der Waals surface area contributed by atoms with E-state index < -0.39 is 23.8 Å². The van der Waals surface area contributed by atoms with Crippen molar-refractivity contribution in [1.82, 2.24) is 14.7 Å². The molecule has 1 aromatic carbocycles. The lowest BCUT2D eigenvalue weighted by atomic mass is 9.86. The number of rotatable bonds is 6. The van der Waals surface area contributed by atoms with Crippen molar-refractivity contribution in [3.8, 4) is 17.2 Å². The summed E-state index contributed by atoms with van der Waals surface area (Å²) in [5, 5.41) is 0. The lowest BCUT2D eigenvalue weighted by Gasteiger charge is -2.52. The minimum absolute atomic E-state index is 0.0168. The van der Waals surface area contributed by atoms with E-state index in [1.54, 1.807) is 11.1 Å². The molecule has 0 spiro atoms. The highest BCUT2D eigenvalue weighted by Crippen LogP contribution is 2.41. The molecule has 10 heteroatoms. The number of nitrogens with zero attached hydrogens (tertiary/aromatic N) is 3. The number of benzene rings is 1. The fraction of sp³-hybridized carbons (Fsp3) is 0.538. The van der Waals surface area contributed by atoms with Gasteiger partial charge in [-0.15, -0.1) is 0 Å². The van der Waals surface area contributed by atoms with Crippen LogP contribution in [0.3, 0.4) is 0 Å². The number of carbonyl (C=O) groups excluding carboxylic acids is 4. The molecule has 3 aliphatic heterocycles. The lowest BCUT2D eigenvalue weighted by Crippen LogP contribution is -2.67. The smallest absolute Gasteiger partial charge is 0.296 e. The highest BCUT2D eigenvalue weighted by molar-refractivity contribution is 6.43. The monoisotopic (exact) mass is 497 g/mol. The van der Waals surface area contributed by atoms with Crippen LogP contribution in [0.2, 0.25) is 0 Å². The van der Waals surface area contributed by atoms with Gasteiger partial charge in [-0.3, -0.25) is 19.2 Å². The minimum Gasteiger partial charge on any atom is -0.493 e. The van der Waals surface area contributed by atoms with E-state index in [-0.39, 0.29) is 41.5 Å². The third-order valence-electron chi connectivity index (χ3n) is 7.76. The third kappa shape index (κ3) is 3.79. The first-order chi connectivity index (χ1) is 17.4. The summed E-state index contributed by atoms with van der Waals surface area (Å²) in [6.07, 6.45) is 7.58. The van der Waals surface area contributed by atoms with Crippen LogP contribution in [0.4, 0.5) is 0 Å². The van der Waals surface area contributed by atoms with E-state index in [9.17, 15) is 19.2 Å². The molecule has 1 saturated carbocycles. The topological polar surface area (TPSA) is 106 Å². The molecule has 1 aromatic rings. The van der Waals surface area contributed by atoms with Crippen molar-refractivity contribution >= 4 is 23.5 Å². The highest BCUT2D eigenvalue weighted by Gasteiger charge is 2.52. The van der Waals surface area contributed by atoms with Gasteiger partial charge in [0.2, 0.25) is 17.6 Å². The Bertz CT molecular complexity index is 1120. The van der Waals surface area contributed by atoms with Gasteiger partial charge in [0.05, 0.1) is 33.1 Å². The van der Waals surface area contributed by atoms with Crippen LogP contribution in [-0.4, -0.2) is 84.2 Å². The molecule has 0 N–H and O–H groups in total. The van der Waals surface area contributed by atoms with Crippen molar-refractivity contribution < 1.29 is 33.4 Å². The second-order valence-corrected chi connectivity index (χ2v) is 9.64. The van der Waals surface area contributed by atoms with Gasteiger partial charge in [0, 0.05) is 17.8 Å².